The monoisotopic (exact) mass is 454 g/mol. The number of hydrazone groups is 1. The third kappa shape index (κ3) is 3.62. The summed E-state index contributed by atoms with van der Waals surface area (Å²) in [6.45, 7) is 5.80. The zero-order chi connectivity index (χ0) is 23.8. The number of H-pyrrole nitrogens is 1. The summed E-state index contributed by atoms with van der Waals surface area (Å²) in [5, 5.41) is 23.8. The van der Waals surface area contributed by atoms with E-state index in [1.807, 2.05) is 48.9 Å². The summed E-state index contributed by atoms with van der Waals surface area (Å²) in [7, 11) is 1.83. The maximum atomic E-state index is 13.6. The van der Waals surface area contributed by atoms with Gasteiger partial charge in [-0.1, -0.05) is 18.2 Å². The highest BCUT2D eigenvalue weighted by Crippen LogP contribution is 2.31. The number of hydrogen-bond acceptors (Lipinski definition) is 6. The van der Waals surface area contributed by atoms with Crippen LogP contribution in [0.3, 0.4) is 0 Å². The van der Waals surface area contributed by atoms with Crippen LogP contribution in [0.2, 0.25) is 0 Å². The van der Waals surface area contributed by atoms with E-state index >= 15 is 0 Å². The molecule has 34 heavy (non-hydrogen) atoms. The molecule has 0 unspecified atom stereocenters. The first kappa shape index (κ1) is 21.2. The topological polar surface area (TPSA) is 109 Å². The van der Waals surface area contributed by atoms with Crippen LogP contribution < -0.4 is 4.74 Å². The van der Waals surface area contributed by atoms with Crippen LogP contribution in [0.5, 0.6) is 17.5 Å². The van der Waals surface area contributed by atoms with Crippen molar-refractivity contribution in [1.29, 1.82) is 0 Å². The predicted octanol–water partition coefficient (Wildman–Crippen LogP) is 4.51. The largest absolute Gasteiger partial charge is 0.493 e. The second-order valence-electron chi connectivity index (χ2n) is 7.90. The van der Waals surface area contributed by atoms with E-state index in [1.54, 1.807) is 24.4 Å². The van der Waals surface area contributed by atoms with Crippen molar-refractivity contribution in [2.24, 2.45) is 12.1 Å². The Morgan fingerprint density at radius 2 is 2.03 bits per heavy atom. The lowest BCUT2D eigenvalue weighted by Crippen LogP contribution is -2.27. The normalized spacial score (nSPS) is 11.1. The summed E-state index contributed by atoms with van der Waals surface area (Å²) < 4.78 is 7.62. The highest BCUT2D eigenvalue weighted by molar-refractivity contribution is 6.02. The van der Waals surface area contributed by atoms with Gasteiger partial charge in [-0.15, -0.1) is 0 Å². The van der Waals surface area contributed by atoms with Crippen molar-refractivity contribution in [3.8, 4) is 17.5 Å². The van der Waals surface area contributed by atoms with E-state index in [2.05, 4.69) is 27.0 Å². The Bertz CT molecular complexity index is 1550. The number of ether oxygens (including phenoxy) is 1. The fourth-order valence-electron chi connectivity index (χ4n) is 4.19. The van der Waals surface area contributed by atoms with Gasteiger partial charge < -0.3 is 14.4 Å². The Hall–Kier alpha value is -4.66. The van der Waals surface area contributed by atoms with Gasteiger partial charge in [0.15, 0.2) is 0 Å². The number of nitrogens with zero attached hydrogens (tertiary/aromatic N) is 5. The molecule has 0 radical (unpaired) electrons. The fourth-order valence-corrected chi connectivity index (χ4v) is 4.19. The molecule has 5 rings (SSSR count). The van der Waals surface area contributed by atoms with Crippen LogP contribution in [-0.4, -0.2) is 42.5 Å². The first-order valence-electron chi connectivity index (χ1n) is 10.6. The van der Waals surface area contributed by atoms with Gasteiger partial charge in [0.1, 0.15) is 11.4 Å². The maximum Gasteiger partial charge on any atom is 0.291 e. The molecule has 3 heterocycles. The standard InChI is InChI=1S/C25H22N6O3/c1-15-18-11-10-17(34-23-9-5-8-22(32)28-23)12-21(18)30(3)24(15)25(33)31(26-2)14-16-6-4-7-20-19(16)13-27-29-20/h4-13H,2,14H2,1,3H3,(H,27,29)(H,28,32). The molecule has 5 aromatic rings. The van der Waals surface area contributed by atoms with Crippen LogP contribution in [-0.2, 0) is 13.6 Å². The van der Waals surface area contributed by atoms with Crippen molar-refractivity contribution in [2.45, 2.75) is 13.5 Å². The van der Waals surface area contributed by atoms with Gasteiger partial charge in [0.2, 0.25) is 11.8 Å². The smallest absolute Gasteiger partial charge is 0.291 e. The molecule has 0 aliphatic carbocycles. The Balaban J connectivity index is 1.48. The van der Waals surface area contributed by atoms with Gasteiger partial charge in [-0.25, -0.2) is 5.01 Å². The number of aromatic hydroxyl groups is 1. The van der Waals surface area contributed by atoms with E-state index < -0.39 is 0 Å². The third-order valence-corrected chi connectivity index (χ3v) is 5.86. The summed E-state index contributed by atoms with van der Waals surface area (Å²) in [6.07, 6.45) is 1.74. The van der Waals surface area contributed by atoms with Crippen molar-refractivity contribution in [3.63, 3.8) is 0 Å². The SMILES string of the molecule is C=NN(Cc1cccc2[nH]ncc12)C(=O)c1c(C)c2ccc(Oc3cccc(O)n3)cc2n1C. The van der Waals surface area contributed by atoms with Crippen molar-refractivity contribution in [3.05, 3.63) is 77.6 Å². The van der Waals surface area contributed by atoms with E-state index in [-0.39, 0.29) is 24.2 Å². The molecule has 3 aromatic heterocycles. The highest BCUT2D eigenvalue weighted by atomic mass is 16.5. The van der Waals surface area contributed by atoms with Crippen LogP contribution in [0.15, 0.2) is 65.9 Å². The lowest BCUT2D eigenvalue weighted by molar-refractivity contribution is 0.0741. The number of pyridine rings is 1. The molecule has 1 amide bonds. The van der Waals surface area contributed by atoms with Gasteiger partial charge in [-0.2, -0.15) is 15.2 Å². The van der Waals surface area contributed by atoms with Crippen molar-refractivity contribution < 1.29 is 14.6 Å². The molecule has 0 saturated carbocycles. The number of amides is 1. The summed E-state index contributed by atoms with van der Waals surface area (Å²) >= 11 is 0. The van der Waals surface area contributed by atoms with Gasteiger partial charge in [-0.05, 0) is 36.2 Å². The minimum absolute atomic E-state index is 0.121. The van der Waals surface area contributed by atoms with Crippen molar-refractivity contribution >= 4 is 34.4 Å². The van der Waals surface area contributed by atoms with Gasteiger partial charge in [0.25, 0.3) is 5.91 Å². The second-order valence-corrected chi connectivity index (χ2v) is 7.90. The van der Waals surface area contributed by atoms with Gasteiger partial charge >= 0.3 is 0 Å². The maximum absolute atomic E-state index is 13.6. The minimum atomic E-state index is -0.260. The molecule has 0 aliphatic rings. The third-order valence-electron chi connectivity index (χ3n) is 5.86. The number of hydrogen-bond donors (Lipinski definition) is 2. The van der Waals surface area contributed by atoms with E-state index in [0.29, 0.717) is 11.4 Å². The molecule has 0 atom stereocenters. The van der Waals surface area contributed by atoms with Gasteiger partial charge in [0, 0.05) is 42.7 Å². The average Bonchev–Trinajstić information content (AvgIpc) is 3.40. The molecule has 9 heteroatoms. The van der Waals surface area contributed by atoms with Crippen LogP contribution in [0, 0.1) is 6.92 Å². The summed E-state index contributed by atoms with van der Waals surface area (Å²) in [6, 6.07) is 16.1. The number of aromatic amines is 1. The van der Waals surface area contributed by atoms with Crippen LogP contribution >= 0.6 is 0 Å². The second kappa shape index (κ2) is 8.36. The lowest BCUT2D eigenvalue weighted by Gasteiger charge is -2.18. The zero-order valence-electron chi connectivity index (χ0n) is 18.7. The number of fused-ring (bicyclic) bond motifs is 2. The first-order valence-corrected chi connectivity index (χ1v) is 10.6. The van der Waals surface area contributed by atoms with E-state index in [1.165, 1.54) is 11.1 Å². The first-order chi connectivity index (χ1) is 16.5. The van der Waals surface area contributed by atoms with Crippen LogP contribution in [0.25, 0.3) is 21.8 Å². The van der Waals surface area contributed by atoms with Gasteiger partial charge in [0.05, 0.1) is 23.8 Å². The molecular weight excluding hydrogens is 432 g/mol. The van der Waals surface area contributed by atoms with Crippen molar-refractivity contribution in [2.75, 3.05) is 0 Å². The molecule has 0 bridgehead atoms. The Morgan fingerprint density at radius 3 is 2.82 bits per heavy atom. The number of carbonyl (C=O) groups is 1. The quantitative estimate of drug-likeness (QED) is 0.290. The van der Waals surface area contributed by atoms with Crippen LogP contribution in [0.1, 0.15) is 21.6 Å². The number of rotatable bonds is 6. The zero-order valence-corrected chi connectivity index (χ0v) is 18.7. The number of carbonyl (C=O) groups excluding carboxylic acids is 1. The molecule has 0 fully saturated rings. The molecule has 0 saturated heterocycles. The summed E-state index contributed by atoms with van der Waals surface area (Å²) in [5.74, 6) is 0.431. The van der Waals surface area contributed by atoms with Gasteiger partial charge in [-0.3, -0.25) is 9.89 Å². The number of aryl methyl sites for hydroxylation is 2. The number of benzene rings is 2. The molecule has 0 aliphatic heterocycles. The highest BCUT2D eigenvalue weighted by Gasteiger charge is 2.24. The van der Waals surface area contributed by atoms with E-state index in [9.17, 15) is 9.90 Å². The van der Waals surface area contributed by atoms with E-state index in [4.69, 9.17) is 4.74 Å². The Kier molecular flexibility index (Phi) is 5.21. The molecular formula is C25H22N6O3. The molecule has 2 aromatic carbocycles. The molecule has 9 nitrogen and oxygen atoms in total. The number of aromatic nitrogens is 4. The predicted molar refractivity (Wildman–Crippen MR) is 129 cm³/mol. The lowest BCUT2D eigenvalue weighted by atomic mass is 10.1. The van der Waals surface area contributed by atoms with E-state index in [0.717, 1.165) is 32.9 Å². The van der Waals surface area contributed by atoms with Crippen LogP contribution in [0.4, 0.5) is 0 Å². The minimum Gasteiger partial charge on any atom is -0.493 e. The fraction of sp³-hybridized carbons (Fsp3) is 0.120. The Morgan fingerprint density at radius 1 is 1.21 bits per heavy atom. The number of nitrogens with one attached hydrogen (secondary N) is 1. The van der Waals surface area contributed by atoms with Crippen molar-refractivity contribution in [1.82, 2.24) is 24.8 Å². The summed E-state index contributed by atoms with van der Waals surface area (Å²) in [4.78, 5) is 17.5. The molecule has 170 valence electrons. The average molecular weight is 454 g/mol. The molecule has 0 spiro atoms. The molecule has 2 N–H and O–H groups in total. The Labute approximate surface area is 194 Å². The summed E-state index contributed by atoms with van der Waals surface area (Å²) in [5.41, 5.74) is 3.97.